The quantitative estimate of drug-likeness (QED) is 0.670. The molecule has 2 aromatic carbocycles. The van der Waals surface area contributed by atoms with E-state index in [4.69, 9.17) is 11.6 Å². The van der Waals surface area contributed by atoms with Crippen molar-refractivity contribution in [2.45, 2.75) is 0 Å². The highest BCUT2D eigenvalue weighted by Gasteiger charge is 2.31. The van der Waals surface area contributed by atoms with Crippen LogP contribution < -0.4 is 0 Å². The second kappa shape index (κ2) is 3.31. The molecule has 2 aromatic rings. The number of carbonyl (C=O) groups excluding carboxylic acids is 2. The van der Waals surface area contributed by atoms with Gasteiger partial charge < -0.3 is 0 Å². The molecule has 1 heterocycles. The fraction of sp³-hybridized carbons (Fsp3) is 0.0769. The van der Waals surface area contributed by atoms with Crippen molar-refractivity contribution < 1.29 is 9.59 Å². The highest BCUT2D eigenvalue weighted by Crippen LogP contribution is 2.33. The van der Waals surface area contributed by atoms with Crippen molar-refractivity contribution >= 4 is 34.2 Å². The van der Waals surface area contributed by atoms with Gasteiger partial charge in [0.1, 0.15) is 0 Å². The summed E-state index contributed by atoms with van der Waals surface area (Å²) in [6, 6.07) is 8.88. The van der Waals surface area contributed by atoms with Crippen LogP contribution in [0, 0.1) is 0 Å². The van der Waals surface area contributed by atoms with Gasteiger partial charge in [0.05, 0.1) is 10.6 Å². The van der Waals surface area contributed by atoms with Gasteiger partial charge in [0, 0.05) is 18.0 Å². The van der Waals surface area contributed by atoms with E-state index in [0.29, 0.717) is 21.5 Å². The number of imide groups is 1. The molecular formula is C13H8ClNO2. The van der Waals surface area contributed by atoms with Gasteiger partial charge in [-0.1, -0.05) is 29.8 Å². The van der Waals surface area contributed by atoms with E-state index in [1.807, 2.05) is 12.1 Å². The molecular weight excluding hydrogens is 238 g/mol. The molecule has 84 valence electrons. The van der Waals surface area contributed by atoms with Gasteiger partial charge in [0.2, 0.25) is 0 Å². The maximum atomic E-state index is 12.1. The smallest absolute Gasteiger partial charge is 0.262 e. The lowest BCUT2D eigenvalue weighted by Crippen LogP contribution is -2.37. The molecule has 1 aliphatic rings. The molecule has 0 aliphatic carbocycles. The normalized spacial score (nSPS) is 14.6. The van der Waals surface area contributed by atoms with E-state index in [1.165, 1.54) is 7.05 Å². The van der Waals surface area contributed by atoms with Gasteiger partial charge in [-0.2, -0.15) is 0 Å². The van der Waals surface area contributed by atoms with Crippen molar-refractivity contribution in [2.75, 3.05) is 7.05 Å². The molecule has 0 atom stereocenters. The van der Waals surface area contributed by atoms with Gasteiger partial charge in [-0.25, -0.2) is 0 Å². The Labute approximate surface area is 103 Å². The SMILES string of the molecule is CN1C(=O)c2cccc3ccc(Cl)c(c23)C1=O. The Morgan fingerprint density at radius 3 is 2.59 bits per heavy atom. The molecule has 0 fully saturated rings. The Bertz CT molecular complexity index is 678. The Kier molecular flexibility index (Phi) is 2.00. The summed E-state index contributed by atoms with van der Waals surface area (Å²) in [5.41, 5.74) is 0.948. The molecule has 0 saturated heterocycles. The fourth-order valence-corrected chi connectivity index (χ4v) is 2.42. The van der Waals surface area contributed by atoms with Crippen LogP contribution in [0.25, 0.3) is 10.8 Å². The predicted molar refractivity (Wildman–Crippen MR) is 65.4 cm³/mol. The Morgan fingerprint density at radius 1 is 1.06 bits per heavy atom. The second-order valence-electron chi connectivity index (χ2n) is 4.00. The molecule has 17 heavy (non-hydrogen) atoms. The molecule has 0 radical (unpaired) electrons. The van der Waals surface area contributed by atoms with Crippen molar-refractivity contribution in [3.05, 3.63) is 46.5 Å². The molecule has 0 N–H and O–H groups in total. The highest BCUT2D eigenvalue weighted by molar-refractivity contribution is 6.38. The number of benzene rings is 2. The van der Waals surface area contributed by atoms with Crippen LogP contribution in [0.4, 0.5) is 0 Å². The molecule has 1 aliphatic heterocycles. The molecule has 0 spiro atoms. The molecule has 3 nitrogen and oxygen atoms in total. The third-order valence-electron chi connectivity index (χ3n) is 3.05. The molecule has 4 heteroatoms. The van der Waals surface area contributed by atoms with Crippen molar-refractivity contribution in [3.8, 4) is 0 Å². The van der Waals surface area contributed by atoms with Crippen molar-refractivity contribution in [1.29, 1.82) is 0 Å². The van der Waals surface area contributed by atoms with Crippen LogP contribution in [0.15, 0.2) is 30.3 Å². The van der Waals surface area contributed by atoms with Crippen LogP contribution in [0.5, 0.6) is 0 Å². The summed E-state index contributed by atoms with van der Waals surface area (Å²) in [7, 11) is 1.47. The minimum absolute atomic E-state index is 0.282. The minimum atomic E-state index is -0.343. The molecule has 0 unspecified atom stereocenters. The Hall–Kier alpha value is -1.87. The third-order valence-corrected chi connectivity index (χ3v) is 3.36. The number of hydrogen-bond acceptors (Lipinski definition) is 2. The summed E-state index contributed by atoms with van der Waals surface area (Å²) < 4.78 is 0. The first-order valence-electron chi connectivity index (χ1n) is 5.15. The van der Waals surface area contributed by atoms with E-state index in [9.17, 15) is 9.59 Å². The van der Waals surface area contributed by atoms with Crippen molar-refractivity contribution in [1.82, 2.24) is 4.90 Å². The van der Waals surface area contributed by atoms with Crippen molar-refractivity contribution in [2.24, 2.45) is 0 Å². The number of halogens is 1. The van der Waals surface area contributed by atoms with Gasteiger partial charge >= 0.3 is 0 Å². The summed E-state index contributed by atoms with van der Waals surface area (Å²) in [6.07, 6.45) is 0. The highest BCUT2D eigenvalue weighted by atomic mass is 35.5. The predicted octanol–water partition coefficient (Wildman–Crippen LogP) is 2.72. The summed E-state index contributed by atoms with van der Waals surface area (Å²) in [5, 5.41) is 1.90. The van der Waals surface area contributed by atoms with E-state index in [1.54, 1.807) is 18.2 Å². The van der Waals surface area contributed by atoms with Gasteiger partial charge in [-0.3, -0.25) is 14.5 Å². The number of amides is 2. The maximum Gasteiger partial charge on any atom is 0.262 e. The zero-order chi connectivity index (χ0) is 12.2. The van der Waals surface area contributed by atoms with Crippen LogP contribution in [-0.4, -0.2) is 23.8 Å². The number of hydrogen-bond donors (Lipinski definition) is 0. The van der Waals surface area contributed by atoms with Crippen LogP contribution in [0.1, 0.15) is 20.7 Å². The van der Waals surface area contributed by atoms with E-state index in [-0.39, 0.29) is 11.8 Å². The molecule has 0 bridgehead atoms. The lowest BCUT2D eigenvalue weighted by molar-refractivity contribution is 0.0651. The average Bonchev–Trinajstić information content (AvgIpc) is 2.34. The first-order valence-corrected chi connectivity index (χ1v) is 5.52. The third kappa shape index (κ3) is 1.23. The zero-order valence-corrected chi connectivity index (χ0v) is 9.78. The monoisotopic (exact) mass is 245 g/mol. The van der Waals surface area contributed by atoms with E-state index >= 15 is 0 Å². The van der Waals surface area contributed by atoms with Gasteiger partial charge in [-0.05, 0) is 17.5 Å². The summed E-state index contributed by atoms with van der Waals surface area (Å²) in [4.78, 5) is 25.1. The summed E-state index contributed by atoms with van der Waals surface area (Å²) in [5.74, 6) is -0.625. The second-order valence-corrected chi connectivity index (χ2v) is 4.40. The average molecular weight is 246 g/mol. The maximum absolute atomic E-state index is 12.1. The van der Waals surface area contributed by atoms with E-state index in [0.717, 1.165) is 10.3 Å². The Balaban J connectivity index is 2.56. The lowest BCUT2D eigenvalue weighted by atomic mass is 9.94. The number of carbonyl (C=O) groups is 2. The topological polar surface area (TPSA) is 37.4 Å². The first kappa shape index (κ1) is 10.3. The zero-order valence-electron chi connectivity index (χ0n) is 9.03. The number of nitrogens with zero attached hydrogens (tertiary/aromatic N) is 1. The fourth-order valence-electron chi connectivity index (χ4n) is 2.18. The molecule has 0 saturated carbocycles. The van der Waals surface area contributed by atoms with Gasteiger partial charge in [0.25, 0.3) is 11.8 Å². The van der Waals surface area contributed by atoms with Gasteiger partial charge in [-0.15, -0.1) is 0 Å². The largest absolute Gasteiger partial charge is 0.277 e. The molecule has 0 aromatic heterocycles. The molecule has 2 amide bonds. The van der Waals surface area contributed by atoms with Crippen LogP contribution in [0.2, 0.25) is 5.02 Å². The lowest BCUT2D eigenvalue weighted by Gasteiger charge is -2.24. The van der Waals surface area contributed by atoms with Crippen LogP contribution >= 0.6 is 11.6 Å². The minimum Gasteiger partial charge on any atom is -0.277 e. The molecule has 3 rings (SSSR count). The summed E-state index contributed by atoms with van der Waals surface area (Å²) >= 11 is 6.06. The summed E-state index contributed by atoms with van der Waals surface area (Å²) in [6.45, 7) is 0. The Morgan fingerprint density at radius 2 is 1.82 bits per heavy atom. The van der Waals surface area contributed by atoms with Crippen molar-refractivity contribution in [3.63, 3.8) is 0 Å². The van der Waals surface area contributed by atoms with E-state index in [2.05, 4.69) is 0 Å². The van der Waals surface area contributed by atoms with Crippen LogP contribution in [-0.2, 0) is 0 Å². The first-order chi connectivity index (χ1) is 8.11. The standard InChI is InChI=1S/C13H8ClNO2/c1-15-12(16)8-4-2-3-7-5-6-9(14)11(10(7)8)13(15)17/h2-6H,1H3. The number of rotatable bonds is 0. The van der Waals surface area contributed by atoms with Crippen LogP contribution in [0.3, 0.4) is 0 Å². The van der Waals surface area contributed by atoms with E-state index < -0.39 is 0 Å². The van der Waals surface area contributed by atoms with Gasteiger partial charge in [0.15, 0.2) is 0 Å².